The lowest BCUT2D eigenvalue weighted by molar-refractivity contribution is -0.177. The highest BCUT2D eigenvalue weighted by molar-refractivity contribution is 5.77. The molecule has 0 atom stereocenters. The summed E-state index contributed by atoms with van der Waals surface area (Å²) in [5.41, 5.74) is 0. The molecule has 0 aliphatic heterocycles. The molecule has 1 N–H and O–H groups in total. The maximum absolute atomic E-state index is 11.7. The number of carbonyl (C=O) groups is 1. The molecular formula is C9H14F3NO3. The van der Waals surface area contributed by atoms with E-state index in [0.29, 0.717) is 0 Å². The van der Waals surface area contributed by atoms with Crippen molar-refractivity contribution < 1.29 is 27.8 Å². The first-order chi connectivity index (χ1) is 7.40. The van der Waals surface area contributed by atoms with Gasteiger partial charge < -0.3 is 14.7 Å². The van der Waals surface area contributed by atoms with Crippen LogP contribution >= 0.6 is 0 Å². The summed E-state index contributed by atoms with van der Waals surface area (Å²) in [6, 6.07) is 0. The Morgan fingerprint density at radius 3 is 2.56 bits per heavy atom. The number of alkyl halides is 3. The van der Waals surface area contributed by atoms with Gasteiger partial charge in [0.1, 0.15) is 13.2 Å². The van der Waals surface area contributed by atoms with Crippen LogP contribution in [0.3, 0.4) is 0 Å². The quantitative estimate of drug-likeness (QED) is 0.663. The van der Waals surface area contributed by atoms with Crippen molar-refractivity contribution in [2.45, 2.75) is 6.18 Å². The Morgan fingerprint density at radius 1 is 1.50 bits per heavy atom. The summed E-state index contributed by atoms with van der Waals surface area (Å²) >= 11 is 0. The van der Waals surface area contributed by atoms with Gasteiger partial charge in [0.25, 0.3) is 0 Å². The highest BCUT2D eigenvalue weighted by Gasteiger charge is 2.28. The molecule has 94 valence electrons. The van der Waals surface area contributed by atoms with Crippen LogP contribution in [0.2, 0.25) is 0 Å². The van der Waals surface area contributed by atoms with E-state index in [1.165, 1.54) is 6.08 Å². The third kappa shape index (κ3) is 7.24. The van der Waals surface area contributed by atoms with Crippen LogP contribution in [0.4, 0.5) is 13.2 Å². The molecule has 0 bridgehead atoms. The summed E-state index contributed by atoms with van der Waals surface area (Å²) in [5, 5.41) is 8.62. The standard InChI is InChI=1S/C9H14F3NO3/c1-2-3-13(4-5-14)8(15)6-16-7-9(10,11)12/h2,14H,1,3-7H2. The van der Waals surface area contributed by atoms with Crippen LogP contribution in [-0.4, -0.2) is 55.0 Å². The third-order valence-corrected chi connectivity index (χ3v) is 1.56. The molecule has 0 aromatic rings. The van der Waals surface area contributed by atoms with E-state index in [4.69, 9.17) is 5.11 Å². The highest BCUT2D eigenvalue weighted by Crippen LogP contribution is 2.14. The van der Waals surface area contributed by atoms with Crippen molar-refractivity contribution in [1.29, 1.82) is 0 Å². The Balaban J connectivity index is 3.96. The van der Waals surface area contributed by atoms with E-state index in [9.17, 15) is 18.0 Å². The number of nitrogens with zero attached hydrogens (tertiary/aromatic N) is 1. The summed E-state index contributed by atoms with van der Waals surface area (Å²) in [6.45, 7) is 1.21. The van der Waals surface area contributed by atoms with Gasteiger partial charge in [0, 0.05) is 13.1 Å². The lowest BCUT2D eigenvalue weighted by Gasteiger charge is -2.19. The van der Waals surface area contributed by atoms with Gasteiger partial charge in [0.2, 0.25) is 5.91 Å². The number of aliphatic hydroxyl groups is 1. The molecule has 16 heavy (non-hydrogen) atoms. The molecule has 0 saturated heterocycles. The lowest BCUT2D eigenvalue weighted by Crippen LogP contribution is -2.37. The zero-order valence-corrected chi connectivity index (χ0v) is 8.66. The largest absolute Gasteiger partial charge is 0.411 e. The molecular weight excluding hydrogens is 227 g/mol. The number of hydrogen-bond donors (Lipinski definition) is 1. The van der Waals surface area contributed by atoms with Crippen LogP contribution in [0.15, 0.2) is 12.7 Å². The Morgan fingerprint density at radius 2 is 2.12 bits per heavy atom. The summed E-state index contributed by atoms with van der Waals surface area (Å²) in [6.07, 6.45) is -3.03. The first-order valence-electron chi connectivity index (χ1n) is 4.54. The van der Waals surface area contributed by atoms with E-state index in [2.05, 4.69) is 11.3 Å². The van der Waals surface area contributed by atoms with Gasteiger partial charge in [-0.3, -0.25) is 4.79 Å². The smallest absolute Gasteiger partial charge is 0.395 e. The molecule has 0 fully saturated rings. The van der Waals surface area contributed by atoms with Crippen molar-refractivity contribution in [3.05, 3.63) is 12.7 Å². The Kier molecular flexibility index (Phi) is 6.75. The number of hydrogen-bond acceptors (Lipinski definition) is 3. The Hall–Kier alpha value is -1.08. The summed E-state index contributed by atoms with van der Waals surface area (Å²) < 4.78 is 39.3. The molecule has 0 aliphatic rings. The van der Waals surface area contributed by atoms with Gasteiger partial charge in [-0.2, -0.15) is 13.2 Å². The molecule has 0 spiro atoms. The van der Waals surface area contributed by atoms with Crippen LogP contribution in [-0.2, 0) is 9.53 Å². The SMILES string of the molecule is C=CCN(CCO)C(=O)COCC(F)(F)F. The van der Waals surface area contributed by atoms with Crippen molar-refractivity contribution in [2.24, 2.45) is 0 Å². The molecule has 0 saturated carbocycles. The van der Waals surface area contributed by atoms with Gasteiger partial charge in [-0.1, -0.05) is 6.08 Å². The van der Waals surface area contributed by atoms with E-state index in [-0.39, 0.29) is 19.7 Å². The molecule has 0 rings (SSSR count). The Labute approximate surface area is 91.3 Å². The average Bonchev–Trinajstić information content (AvgIpc) is 2.15. The fourth-order valence-corrected chi connectivity index (χ4v) is 0.940. The van der Waals surface area contributed by atoms with Crippen LogP contribution in [0, 0.1) is 0 Å². The number of halogens is 3. The molecule has 0 aliphatic carbocycles. The fourth-order valence-electron chi connectivity index (χ4n) is 0.940. The monoisotopic (exact) mass is 241 g/mol. The molecule has 0 radical (unpaired) electrons. The second-order valence-electron chi connectivity index (χ2n) is 2.96. The van der Waals surface area contributed by atoms with E-state index in [1.807, 2.05) is 0 Å². The summed E-state index contributed by atoms with van der Waals surface area (Å²) in [4.78, 5) is 12.4. The molecule has 0 heterocycles. The fraction of sp³-hybridized carbons (Fsp3) is 0.667. The second-order valence-corrected chi connectivity index (χ2v) is 2.96. The first-order valence-corrected chi connectivity index (χ1v) is 4.54. The van der Waals surface area contributed by atoms with Crippen molar-refractivity contribution >= 4 is 5.91 Å². The maximum atomic E-state index is 11.7. The number of carbonyl (C=O) groups excluding carboxylic acids is 1. The predicted molar refractivity (Wildman–Crippen MR) is 50.7 cm³/mol. The number of amides is 1. The number of ether oxygens (including phenoxy) is 1. The average molecular weight is 241 g/mol. The van der Waals surface area contributed by atoms with Crippen molar-refractivity contribution in [3.8, 4) is 0 Å². The topological polar surface area (TPSA) is 49.8 Å². The van der Waals surface area contributed by atoms with E-state index in [1.54, 1.807) is 0 Å². The van der Waals surface area contributed by atoms with Crippen LogP contribution < -0.4 is 0 Å². The Bertz CT molecular complexity index is 231. The van der Waals surface area contributed by atoms with Crippen molar-refractivity contribution in [1.82, 2.24) is 4.90 Å². The van der Waals surface area contributed by atoms with Gasteiger partial charge >= 0.3 is 6.18 Å². The van der Waals surface area contributed by atoms with E-state index < -0.39 is 25.3 Å². The van der Waals surface area contributed by atoms with Crippen molar-refractivity contribution in [2.75, 3.05) is 32.9 Å². The summed E-state index contributed by atoms with van der Waals surface area (Å²) in [7, 11) is 0. The minimum absolute atomic E-state index is 0.0419. The van der Waals surface area contributed by atoms with Crippen LogP contribution in [0.5, 0.6) is 0 Å². The van der Waals surface area contributed by atoms with Gasteiger partial charge in [0.15, 0.2) is 0 Å². The second kappa shape index (κ2) is 7.24. The molecule has 1 amide bonds. The molecule has 0 aromatic heterocycles. The van der Waals surface area contributed by atoms with E-state index >= 15 is 0 Å². The summed E-state index contributed by atoms with van der Waals surface area (Å²) in [5.74, 6) is -0.613. The number of aliphatic hydroxyl groups excluding tert-OH is 1. The van der Waals surface area contributed by atoms with Crippen molar-refractivity contribution in [3.63, 3.8) is 0 Å². The van der Waals surface area contributed by atoms with Crippen LogP contribution in [0.1, 0.15) is 0 Å². The molecule has 4 nitrogen and oxygen atoms in total. The zero-order valence-electron chi connectivity index (χ0n) is 8.66. The van der Waals surface area contributed by atoms with Gasteiger partial charge in [0.05, 0.1) is 6.61 Å². The molecule has 7 heteroatoms. The normalized spacial score (nSPS) is 11.2. The number of rotatable bonds is 7. The maximum Gasteiger partial charge on any atom is 0.411 e. The van der Waals surface area contributed by atoms with E-state index in [0.717, 1.165) is 4.90 Å². The molecule has 0 unspecified atom stereocenters. The van der Waals surface area contributed by atoms with Crippen LogP contribution in [0.25, 0.3) is 0 Å². The minimum Gasteiger partial charge on any atom is -0.395 e. The third-order valence-electron chi connectivity index (χ3n) is 1.56. The van der Waals surface area contributed by atoms with Gasteiger partial charge in [-0.05, 0) is 0 Å². The molecule has 0 aromatic carbocycles. The minimum atomic E-state index is -4.44. The zero-order chi connectivity index (χ0) is 12.6. The lowest BCUT2D eigenvalue weighted by atomic mass is 10.4. The van der Waals surface area contributed by atoms with Gasteiger partial charge in [-0.15, -0.1) is 6.58 Å². The highest BCUT2D eigenvalue weighted by atomic mass is 19.4. The van der Waals surface area contributed by atoms with Gasteiger partial charge in [-0.25, -0.2) is 0 Å². The predicted octanol–water partition coefficient (Wildman–Crippen LogP) is 0.572. The first kappa shape index (κ1) is 14.9.